The van der Waals surface area contributed by atoms with Gasteiger partial charge in [0.2, 0.25) is 11.6 Å². The maximum atomic E-state index is 14.8. The van der Waals surface area contributed by atoms with Gasteiger partial charge in [0.05, 0.1) is 41.5 Å². The molecule has 3 spiro atoms. The van der Waals surface area contributed by atoms with Gasteiger partial charge in [0, 0.05) is 17.8 Å². The molecule has 0 radical (unpaired) electrons. The van der Waals surface area contributed by atoms with E-state index in [-0.39, 0.29) is 32.1 Å². The fourth-order valence-corrected chi connectivity index (χ4v) is 10.8. The molecule has 2 bridgehead atoms. The molecule has 8 fully saturated rings. The molecule has 0 unspecified atom stereocenters. The van der Waals surface area contributed by atoms with E-state index < -0.39 is 111 Å². The third kappa shape index (κ3) is 2.56. The van der Waals surface area contributed by atoms with Crippen LogP contribution in [-0.4, -0.2) is 97.0 Å². The summed E-state index contributed by atoms with van der Waals surface area (Å²) < 4.78 is 31.3. The number of carbonyl (C=O) groups is 4. The van der Waals surface area contributed by atoms with Gasteiger partial charge in [0.15, 0.2) is 17.5 Å². The molecule has 14 atom stereocenters. The van der Waals surface area contributed by atoms with Gasteiger partial charge in [-0.15, -0.1) is 0 Å². The van der Waals surface area contributed by atoms with Crippen LogP contribution < -0.4 is 0 Å². The molecule has 2 aliphatic carbocycles. The second-order valence-electron chi connectivity index (χ2n) is 14.9. The molecule has 12 nitrogen and oxygen atoms in total. The number of esters is 2. The molecular formula is C29H36O12. The highest BCUT2D eigenvalue weighted by atomic mass is 16.7. The molecule has 2 saturated carbocycles. The summed E-state index contributed by atoms with van der Waals surface area (Å²) in [4.78, 5) is 54.4. The van der Waals surface area contributed by atoms with Crippen molar-refractivity contribution < 1.29 is 58.2 Å². The van der Waals surface area contributed by atoms with E-state index in [0.29, 0.717) is 0 Å². The average molecular weight is 577 g/mol. The first kappa shape index (κ1) is 26.7. The number of ether oxygens (including phenoxy) is 5. The maximum Gasteiger partial charge on any atom is 0.311 e. The zero-order valence-corrected chi connectivity index (χ0v) is 23.7. The largest absolute Gasteiger partial charge is 0.456 e. The van der Waals surface area contributed by atoms with Crippen LogP contribution in [0.4, 0.5) is 0 Å². The van der Waals surface area contributed by atoms with Crippen molar-refractivity contribution in [2.24, 2.45) is 29.1 Å². The molecule has 12 heteroatoms. The fraction of sp³-hybridized carbons (Fsp3) is 0.862. The highest BCUT2D eigenvalue weighted by Gasteiger charge is 2.90. The molecule has 41 heavy (non-hydrogen) atoms. The molecule has 0 amide bonds. The van der Waals surface area contributed by atoms with E-state index in [0.717, 1.165) is 0 Å². The predicted octanol–water partition coefficient (Wildman–Crippen LogP) is -0.288. The minimum atomic E-state index is -2.42. The van der Waals surface area contributed by atoms with Gasteiger partial charge in [0.25, 0.3) is 0 Å². The maximum absolute atomic E-state index is 14.8. The van der Waals surface area contributed by atoms with E-state index in [2.05, 4.69) is 0 Å². The Bertz CT molecular complexity index is 1340. The molecular weight excluding hydrogens is 540 g/mol. The molecule has 3 N–H and O–H groups in total. The topological polar surface area (TPSA) is 175 Å². The minimum absolute atomic E-state index is 0.0218. The molecule has 224 valence electrons. The smallest absolute Gasteiger partial charge is 0.311 e. The van der Waals surface area contributed by atoms with Crippen molar-refractivity contribution in [3.63, 3.8) is 0 Å². The van der Waals surface area contributed by atoms with E-state index in [4.69, 9.17) is 23.7 Å². The Hall–Kier alpha value is -1.96. The lowest BCUT2D eigenvalue weighted by Gasteiger charge is -2.54. The van der Waals surface area contributed by atoms with Gasteiger partial charge in [-0.3, -0.25) is 19.2 Å². The minimum Gasteiger partial charge on any atom is -0.456 e. The van der Waals surface area contributed by atoms with Gasteiger partial charge in [-0.2, -0.15) is 0 Å². The van der Waals surface area contributed by atoms with E-state index in [1.54, 1.807) is 6.92 Å². The van der Waals surface area contributed by atoms with Crippen LogP contribution in [0.1, 0.15) is 66.7 Å². The Kier molecular flexibility index (Phi) is 4.58. The lowest BCUT2D eigenvalue weighted by atomic mass is 9.59. The first-order valence-corrected chi connectivity index (χ1v) is 14.6. The standard InChI is InChI=1S/C29H36O12/c1-11-17-19(37-20(11)33)28(36)21-24(4,22(34)25(28,5)35)6-7-26-10-27-13(23(2,3)38-14(27)9-15(31)39-27)8-12(30)16(26)18(32)29(21,40-17)41-26/h11-14,16-17,19,21,30,35-36H,6-10H2,1-5H3/t11-,12+,13-,14+,16-,17+,19-,21+,24-,25-,26-,27+,28-,29+/m0/s1. The Morgan fingerprint density at radius 1 is 0.976 bits per heavy atom. The van der Waals surface area contributed by atoms with Crippen LogP contribution in [0.25, 0.3) is 0 Å². The summed E-state index contributed by atoms with van der Waals surface area (Å²) in [7, 11) is 0. The van der Waals surface area contributed by atoms with Gasteiger partial charge >= 0.3 is 11.9 Å². The predicted molar refractivity (Wildman–Crippen MR) is 131 cm³/mol. The Morgan fingerprint density at radius 3 is 2.39 bits per heavy atom. The summed E-state index contributed by atoms with van der Waals surface area (Å²) in [5.41, 5.74) is -9.73. The molecule has 0 aromatic carbocycles. The molecule has 6 aliphatic heterocycles. The van der Waals surface area contributed by atoms with Crippen molar-refractivity contribution in [1.82, 2.24) is 0 Å². The zero-order chi connectivity index (χ0) is 29.5. The summed E-state index contributed by atoms with van der Waals surface area (Å²) in [5, 5.41) is 36.0. The highest BCUT2D eigenvalue weighted by molar-refractivity contribution is 6.01. The Balaban J connectivity index is 1.35. The molecule has 8 rings (SSSR count). The summed E-state index contributed by atoms with van der Waals surface area (Å²) in [5.74, 6) is -8.72. The van der Waals surface area contributed by atoms with Crippen LogP contribution in [0.3, 0.4) is 0 Å². The van der Waals surface area contributed by atoms with Crippen molar-refractivity contribution in [3.8, 4) is 0 Å². The number of aliphatic hydroxyl groups is 3. The third-order valence-corrected chi connectivity index (χ3v) is 12.5. The Labute approximate surface area is 236 Å². The first-order valence-electron chi connectivity index (χ1n) is 14.6. The number of carbonyl (C=O) groups excluding carboxylic acids is 4. The molecule has 0 aromatic rings. The highest BCUT2D eigenvalue weighted by Crippen LogP contribution is 2.72. The molecule has 0 aromatic heterocycles. The summed E-state index contributed by atoms with van der Waals surface area (Å²) in [6.07, 6.45) is -4.22. The van der Waals surface area contributed by atoms with Crippen LogP contribution >= 0.6 is 0 Å². The van der Waals surface area contributed by atoms with Crippen LogP contribution in [0, 0.1) is 29.1 Å². The lowest BCUT2D eigenvalue weighted by molar-refractivity contribution is -0.370. The van der Waals surface area contributed by atoms with E-state index in [1.165, 1.54) is 13.8 Å². The molecule has 6 heterocycles. The van der Waals surface area contributed by atoms with Crippen molar-refractivity contribution >= 4 is 23.5 Å². The second-order valence-corrected chi connectivity index (χ2v) is 14.9. The van der Waals surface area contributed by atoms with Gasteiger partial charge in [0.1, 0.15) is 23.4 Å². The first-order chi connectivity index (χ1) is 18.9. The lowest BCUT2D eigenvalue weighted by Crippen LogP contribution is -2.75. The fourth-order valence-electron chi connectivity index (χ4n) is 10.8. The van der Waals surface area contributed by atoms with Crippen molar-refractivity contribution in [1.29, 1.82) is 0 Å². The summed E-state index contributed by atoms with van der Waals surface area (Å²) >= 11 is 0. The van der Waals surface area contributed by atoms with Crippen LogP contribution in [-0.2, 0) is 42.9 Å². The van der Waals surface area contributed by atoms with Crippen LogP contribution in [0.2, 0.25) is 0 Å². The van der Waals surface area contributed by atoms with Gasteiger partial charge in [-0.25, -0.2) is 0 Å². The number of hydrogen-bond donors (Lipinski definition) is 3. The van der Waals surface area contributed by atoms with Crippen LogP contribution in [0.15, 0.2) is 0 Å². The van der Waals surface area contributed by atoms with E-state index in [1.807, 2.05) is 13.8 Å². The Morgan fingerprint density at radius 2 is 1.68 bits per heavy atom. The van der Waals surface area contributed by atoms with Crippen LogP contribution in [0.5, 0.6) is 0 Å². The average Bonchev–Trinajstić information content (AvgIpc) is 3.44. The number of ketones is 2. The number of aliphatic hydroxyl groups excluding tert-OH is 1. The number of rotatable bonds is 0. The van der Waals surface area contributed by atoms with Gasteiger partial charge in [-0.05, 0) is 47.0 Å². The quantitative estimate of drug-likeness (QED) is 0.322. The molecule has 8 aliphatic rings. The molecule has 6 saturated heterocycles. The summed E-state index contributed by atoms with van der Waals surface area (Å²) in [6, 6.07) is 0. The van der Waals surface area contributed by atoms with E-state index in [9.17, 15) is 34.5 Å². The van der Waals surface area contributed by atoms with Crippen molar-refractivity contribution in [2.75, 3.05) is 0 Å². The van der Waals surface area contributed by atoms with Crippen molar-refractivity contribution in [2.45, 2.75) is 125 Å². The number of fused-ring (bicyclic) bond motifs is 2. The second kappa shape index (κ2) is 7.05. The number of hydrogen-bond acceptors (Lipinski definition) is 12. The van der Waals surface area contributed by atoms with Crippen molar-refractivity contribution in [3.05, 3.63) is 0 Å². The normalized spacial score (nSPS) is 61.3. The zero-order valence-electron chi connectivity index (χ0n) is 23.7. The van der Waals surface area contributed by atoms with Gasteiger partial charge < -0.3 is 39.0 Å². The number of Topliss-reactive ketones (excluding diaryl/α,β-unsaturated/α-hetero) is 2. The van der Waals surface area contributed by atoms with E-state index >= 15 is 0 Å². The van der Waals surface area contributed by atoms with Gasteiger partial charge in [-0.1, -0.05) is 6.92 Å². The third-order valence-electron chi connectivity index (χ3n) is 12.5. The monoisotopic (exact) mass is 576 g/mol. The SMILES string of the molecule is C[C@@H]1C(=O)O[C@H]2[C@@H]1O[C@]13O[C@@]4(CC[C@]5(C)C(=O)[C@](C)(O)[C@@]2(O)[C@H]15)C[C@]12OC(=O)C[C@H]1OC(C)(C)[C@@H]2C[C@@H](O)[C@H]4C3=O. The summed E-state index contributed by atoms with van der Waals surface area (Å²) in [6.45, 7) is 8.05.